The first kappa shape index (κ1) is 15.3. The third kappa shape index (κ3) is 4.50. The molecule has 0 atom stereocenters. The highest BCUT2D eigenvalue weighted by Crippen LogP contribution is 2.17. The van der Waals surface area contributed by atoms with E-state index in [4.69, 9.17) is 0 Å². The minimum absolute atomic E-state index is 0.0707. The van der Waals surface area contributed by atoms with Gasteiger partial charge >= 0.3 is 0 Å². The first-order valence-electron chi connectivity index (χ1n) is 6.47. The second kappa shape index (κ2) is 6.15. The lowest BCUT2D eigenvalue weighted by molar-refractivity contribution is 0.197. The molecule has 20 heavy (non-hydrogen) atoms. The molecule has 0 saturated carbocycles. The van der Waals surface area contributed by atoms with E-state index in [1.54, 1.807) is 0 Å². The van der Waals surface area contributed by atoms with Crippen molar-refractivity contribution in [1.82, 2.24) is 9.62 Å². The Hall–Kier alpha value is -1.05. The molecule has 1 N–H and O–H groups in total. The number of benzene rings is 1. The largest absolute Gasteiger partial charge is 0.299 e. The first-order chi connectivity index (χ1) is 9.33. The molecule has 0 spiro atoms. The maximum Gasteiger partial charge on any atom is 0.208 e. The maximum atomic E-state index is 13.5. The highest BCUT2D eigenvalue weighted by Gasteiger charge is 2.22. The van der Waals surface area contributed by atoms with Crippen LogP contribution >= 0.6 is 0 Å². The van der Waals surface area contributed by atoms with E-state index in [1.165, 1.54) is 6.07 Å². The molecule has 2 rings (SSSR count). The van der Waals surface area contributed by atoms with E-state index in [9.17, 15) is 17.2 Å². The quantitative estimate of drug-likeness (QED) is 0.916. The topological polar surface area (TPSA) is 49.4 Å². The molecular formula is C13H18F2N2O2S. The fourth-order valence-corrected chi connectivity index (χ4v) is 3.26. The van der Waals surface area contributed by atoms with E-state index in [-0.39, 0.29) is 6.04 Å². The summed E-state index contributed by atoms with van der Waals surface area (Å²) in [4.78, 5) is 2.00. The van der Waals surface area contributed by atoms with Gasteiger partial charge in [-0.05, 0) is 31.0 Å². The van der Waals surface area contributed by atoms with Crippen LogP contribution in [-0.4, -0.2) is 38.7 Å². The van der Waals surface area contributed by atoms with Crippen LogP contribution in [0.3, 0.4) is 0 Å². The zero-order chi connectivity index (χ0) is 14.8. The first-order valence-corrected chi connectivity index (χ1v) is 8.36. The lowest BCUT2D eigenvalue weighted by Gasteiger charge is -2.32. The highest BCUT2D eigenvalue weighted by molar-refractivity contribution is 7.88. The van der Waals surface area contributed by atoms with E-state index in [0.717, 1.165) is 18.4 Å². The fraction of sp³-hybridized carbons (Fsp3) is 0.538. The Kier molecular flexibility index (Phi) is 4.72. The van der Waals surface area contributed by atoms with Crippen LogP contribution in [0.4, 0.5) is 8.78 Å². The van der Waals surface area contributed by atoms with Gasteiger partial charge in [0.15, 0.2) is 0 Å². The monoisotopic (exact) mass is 304 g/mol. The van der Waals surface area contributed by atoms with Gasteiger partial charge in [-0.3, -0.25) is 4.90 Å². The molecular weight excluding hydrogens is 286 g/mol. The molecule has 0 unspecified atom stereocenters. The van der Waals surface area contributed by atoms with Crippen LogP contribution in [0.1, 0.15) is 18.4 Å². The van der Waals surface area contributed by atoms with Crippen LogP contribution in [0.2, 0.25) is 0 Å². The number of hydrogen-bond donors (Lipinski definition) is 1. The van der Waals surface area contributed by atoms with Crippen molar-refractivity contribution in [2.45, 2.75) is 25.4 Å². The number of likely N-dealkylation sites (tertiary alicyclic amines) is 1. The number of hydrogen-bond acceptors (Lipinski definition) is 3. The van der Waals surface area contributed by atoms with Crippen molar-refractivity contribution in [3.05, 3.63) is 35.4 Å². The van der Waals surface area contributed by atoms with Gasteiger partial charge in [0, 0.05) is 31.2 Å². The fourth-order valence-electron chi connectivity index (χ4n) is 2.42. The van der Waals surface area contributed by atoms with Gasteiger partial charge in [0.25, 0.3) is 0 Å². The molecule has 0 aromatic heterocycles. The smallest absolute Gasteiger partial charge is 0.208 e. The summed E-state index contributed by atoms with van der Waals surface area (Å²) in [7, 11) is -3.19. The average molecular weight is 304 g/mol. The third-order valence-electron chi connectivity index (χ3n) is 3.37. The molecule has 1 aromatic rings. The van der Waals surface area contributed by atoms with Crippen LogP contribution < -0.4 is 4.72 Å². The number of nitrogens with zero attached hydrogens (tertiary/aromatic N) is 1. The second-order valence-electron chi connectivity index (χ2n) is 5.18. The zero-order valence-electron chi connectivity index (χ0n) is 11.3. The van der Waals surface area contributed by atoms with Crippen molar-refractivity contribution in [2.75, 3.05) is 19.3 Å². The average Bonchev–Trinajstić information content (AvgIpc) is 2.34. The maximum absolute atomic E-state index is 13.5. The van der Waals surface area contributed by atoms with E-state index < -0.39 is 21.7 Å². The van der Waals surface area contributed by atoms with Crippen molar-refractivity contribution < 1.29 is 17.2 Å². The minimum Gasteiger partial charge on any atom is -0.299 e. The molecule has 0 radical (unpaired) electrons. The Morgan fingerprint density at radius 3 is 2.55 bits per heavy atom. The summed E-state index contributed by atoms with van der Waals surface area (Å²) in [5, 5.41) is 0. The zero-order valence-corrected chi connectivity index (χ0v) is 12.1. The normalized spacial score (nSPS) is 18.4. The molecule has 1 heterocycles. The van der Waals surface area contributed by atoms with Crippen LogP contribution in [0.25, 0.3) is 0 Å². The van der Waals surface area contributed by atoms with Crippen molar-refractivity contribution in [2.24, 2.45) is 0 Å². The molecule has 4 nitrogen and oxygen atoms in total. The summed E-state index contributed by atoms with van der Waals surface area (Å²) in [5.74, 6) is -0.863. The van der Waals surface area contributed by atoms with Gasteiger partial charge in [-0.15, -0.1) is 0 Å². The van der Waals surface area contributed by atoms with Crippen molar-refractivity contribution in [3.8, 4) is 0 Å². The standard InChI is InChI=1S/C13H18F2N2O2S/c1-20(18,19)16-12-4-6-17(7-5-12)9-10-8-11(14)2-3-13(10)15/h2-3,8,12,16H,4-7,9H2,1H3. The van der Waals surface area contributed by atoms with Gasteiger partial charge < -0.3 is 0 Å². The van der Waals surface area contributed by atoms with E-state index in [2.05, 4.69) is 4.72 Å². The summed E-state index contributed by atoms with van der Waals surface area (Å²) < 4.78 is 51.5. The van der Waals surface area contributed by atoms with E-state index >= 15 is 0 Å². The van der Waals surface area contributed by atoms with Gasteiger partial charge in [0.1, 0.15) is 11.6 Å². The Morgan fingerprint density at radius 2 is 1.95 bits per heavy atom. The van der Waals surface area contributed by atoms with Gasteiger partial charge in [0.05, 0.1) is 6.26 Å². The van der Waals surface area contributed by atoms with Gasteiger partial charge in [-0.1, -0.05) is 0 Å². The van der Waals surface area contributed by atoms with Gasteiger partial charge in [0.2, 0.25) is 10.0 Å². The van der Waals surface area contributed by atoms with Crippen LogP contribution in [0.15, 0.2) is 18.2 Å². The lowest BCUT2D eigenvalue weighted by Crippen LogP contribution is -2.44. The molecule has 7 heteroatoms. The predicted octanol–water partition coefficient (Wildman–Crippen LogP) is 1.48. The molecule has 1 saturated heterocycles. The van der Waals surface area contributed by atoms with Crippen LogP contribution in [-0.2, 0) is 16.6 Å². The third-order valence-corrected chi connectivity index (χ3v) is 4.13. The lowest BCUT2D eigenvalue weighted by atomic mass is 10.1. The molecule has 1 aliphatic rings. The SMILES string of the molecule is CS(=O)(=O)NC1CCN(Cc2cc(F)ccc2F)CC1. The molecule has 112 valence electrons. The van der Waals surface area contributed by atoms with E-state index in [1.807, 2.05) is 4.90 Å². The van der Waals surface area contributed by atoms with E-state index in [0.29, 0.717) is 38.0 Å². The van der Waals surface area contributed by atoms with Gasteiger partial charge in [-0.25, -0.2) is 21.9 Å². The predicted molar refractivity (Wildman–Crippen MR) is 72.6 cm³/mol. The number of halogens is 2. The Morgan fingerprint density at radius 1 is 1.30 bits per heavy atom. The van der Waals surface area contributed by atoms with Crippen molar-refractivity contribution in [1.29, 1.82) is 0 Å². The summed E-state index contributed by atoms with van der Waals surface area (Å²) in [6, 6.07) is 3.36. The highest BCUT2D eigenvalue weighted by atomic mass is 32.2. The number of rotatable bonds is 4. The summed E-state index contributed by atoms with van der Waals surface area (Å²) in [6.45, 7) is 1.65. The number of sulfonamides is 1. The van der Waals surface area contributed by atoms with Gasteiger partial charge in [-0.2, -0.15) is 0 Å². The molecule has 1 aromatic carbocycles. The Bertz CT molecular complexity index is 570. The van der Waals surface area contributed by atoms with Crippen molar-refractivity contribution in [3.63, 3.8) is 0 Å². The summed E-state index contributed by atoms with van der Waals surface area (Å²) in [6.07, 6.45) is 2.48. The van der Waals surface area contributed by atoms with Crippen LogP contribution in [0, 0.1) is 11.6 Å². The summed E-state index contributed by atoms with van der Waals surface area (Å²) >= 11 is 0. The molecule has 0 amide bonds. The molecule has 1 aliphatic heterocycles. The molecule has 1 fully saturated rings. The number of nitrogens with one attached hydrogen (secondary N) is 1. The molecule has 0 aliphatic carbocycles. The summed E-state index contributed by atoms with van der Waals surface area (Å²) in [5.41, 5.74) is 0.333. The van der Waals surface area contributed by atoms with Crippen molar-refractivity contribution >= 4 is 10.0 Å². The number of piperidine rings is 1. The second-order valence-corrected chi connectivity index (χ2v) is 6.96. The van der Waals surface area contributed by atoms with Crippen LogP contribution in [0.5, 0.6) is 0 Å². The minimum atomic E-state index is -3.19. The Balaban J connectivity index is 1.90. The Labute approximate surface area is 117 Å². The molecule has 0 bridgehead atoms.